The lowest BCUT2D eigenvalue weighted by Crippen LogP contribution is -2.37. The van der Waals surface area contributed by atoms with Crippen molar-refractivity contribution in [3.05, 3.63) is 89.0 Å². The van der Waals surface area contributed by atoms with Crippen LogP contribution in [-0.2, 0) is 10.2 Å². The molecule has 35 heavy (non-hydrogen) atoms. The molecule has 0 saturated heterocycles. The van der Waals surface area contributed by atoms with E-state index >= 15 is 0 Å². The number of nitrogens with one attached hydrogen (secondary N) is 1. The predicted octanol–water partition coefficient (Wildman–Crippen LogP) is 6.18. The third kappa shape index (κ3) is 4.64. The molecule has 8 heteroatoms. The Morgan fingerprint density at radius 2 is 1.69 bits per heavy atom. The van der Waals surface area contributed by atoms with Crippen LogP contribution in [-0.4, -0.2) is 25.7 Å². The minimum atomic E-state index is -0.525. The normalized spacial score (nSPS) is 14.6. The summed E-state index contributed by atoms with van der Waals surface area (Å²) < 4.78 is 7.72. The lowest BCUT2D eigenvalue weighted by atomic mass is 9.78. The second-order valence-corrected chi connectivity index (χ2v) is 9.33. The first-order chi connectivity index (χ1) is 16.9. The molecule has 1 amide bonds. The molecule has 2 aromatic heterocycles. The van der Waals surface area contributed by atoms with E-state index in [9.17, 15) is 4.79 Å². The summed E-state index contributed by atoms with van der Waals surface area (Å²) in [6, 6.07) is 18.5. The van der Waals surface area contributed by atoms with Gasteiger partial charge in [0.05, 0.1) is 11.1 Å². The Bertz CT molecular complexity index is 1330. The van der Waals surface area contributed by atoms with E-state index in [1.807, 2.05) is 60.9 Å². The molecule has 0 unspecified atom stereocenters. The molecule has 1 fully saturated rings. The fourth-order valence-corrected chi connectivity index (χ4v) is 4.72. The monoisotopic (exact) mass is 487 g/mol. The number of aryl methyl sites for hydroxylation is 1. The number of carbonyl (C=O) groups excluding carboxylic acids is 1. The van der Waals surface area contributed by atoms with E-state index in [-0.39, 0.29) is 5.91 Å². The molecule has 2 aromatic carbocycles. The second kappa shape index (κ2) is 9.50. The molecule has 0 aliphatic heterocycles. The summed E-state index contributed by atoms with van der Waals surface area (Å²) in [5.74, 6) is 1.67. The van der Waals surface area contributed by atoms with Crippen LogP contribution in [0.3, 0.4) is 0 Å². The molecule has 0 radical (unpaired) electrons. The highest BCUT2D eigenvalue weighted by molar-refractivity contribution is 6.30. The van der Waals surface area contributed by atoms with E-state index in [4.69, 9.17) is 16.3 Å². The van der Waals surface area contributed by atoms with E-state index in [0.29, 0.717) is 22.5 Å². The van der Waals surface area contributed by atoms with E-state index in [2.05, 4.69) is 20.5 Å². The highest BCUT2D eigenvalue weighted by atomic mass is 35.5. The van der Waals surface area contributed by atoms with Gasteiger partial charge in [-0.1, -0.05) is 36.6 Å². The van der Waals surface area contributed by atoms with Crippen LogP contribution in [0.5, 0.6) is 11.6 Å². The van der Waals surface area contributed by atoms with Gasteiger partial charge < -0.3 is 10.1 Å². The van der Waals surface area contributed by atoms with Gasteiger partial charge in [0.25, 0.3) is 0 Å². The molecular weight excluding hydrogens is 462 g/mol. The van der Waals surface area contributed by atoms with Crippen molar-refractivity contribution in [3.63, 3.8) is 0 Å². The van der Waals surface area contributed by atoms with Crippen LogP contribution in [0.15, 0.2) is 67.0 Å². The van der Waals surface area contributed by atoms with Crippen LogP contribution in [0.4, 0.5) is 5.69 Å². The maximum absolute atomic E-state index is 13.4. The number of aromatic nitrogens is 4. The zero-order valence-corrected chi connectivity index (χ0v) is 20.4. The van der Waals surface area contributed by atoms with Gasteiger partial charge in [-0.15, -0.1) is 10.2 Å². The minimum absolute atomic E-state index is 0.0116. The summed E-state index contributed by atoms with van der Waals surface area (Å²) in [6.07, 6.45) is 5.44. The Labute approximate surface area is 209 Å². The molecule has 5 rings (SSSR count). The van der Waals surface area contributed by atoms with Crippen LogP contribution in [0.1, 0.15) is 42.6 Å². The zero-order chi connectivity index (χ0) is 24.4. The molecule has 1 saturated carbocycles. The molecule has 2 heterocycles. The largest absolute Gasteiger partial charge is 0.438 e. The van der Waals surface area contributed by atoms with Crippen molar-refractivity contribution in [2.45, 2.75) is 44.9 Å². The molecule has 178 valence electrons. The van der Waals surface area contributed by atoms with Gasteiger partial charge >= 0.3 is 0 Å². The number of rotatable bonds is 6. The summed E-state index contributed by atoms with van der Waals surface area (Å²) in [5.41, 5.74) is 3.17. The Morgan fingerprint density at radius 3 is 2.29 bits per heavy atom. The van der Waals surface area contributed by atoms with Crippen molar-refractivity contribution in [1.29, 1.82) is 0 Å². The molecule has 0 spiro atoms. The van der Waals surface area contributed by atoms with Crippen molar-refractivity contribution >= 4 is 23.2 Å². The van der Waals surface area contributed by atoms with Crippen molar-refractivity contribution in [1.82, 2.24) is 19.7 Å². The van der Waals surface area contributed by atoms with E-state index in [1.165, 1.54) is 0 Å². The SMILES string of the molecule is Cc1ncn(-c2ccc(Oc3ccc(NC(=O)C4(c5ccc(Cl)cc5)CCCC4)cc3)nn2)c1C. The molecule has 1 aliphatic carbocycles. The Balaban J connectivity index is 1.26. The Morgan fingerprint density at radius 1 is 0.971 bits per heavy atom. The number of halogens is 1. The maximum atomic E-state index is 13.4. The average Bonchev–Trinajstić information content (AvgIpc) is 3.50. The van der Waals surface area contributed by atoms with E-state index in [0.717, 1.165) is 48.3 Å². The fraction of sp³-hybridized carbons (Fsp3) is 0.259. The predicted molar refractivity (Wildman–Crippen MR) is 135 cm³/mol. The standard InChI is InChI=1S/C27H26ClN5O2/c1-18-19(2)33(17-29-18)24-13-14-25(32-31-24)35-23-11-9-22(10-12-23)30-26(34)27(15-3-4-16-27)20-5-7-21(28)8-6-20/h5-14,17H,3-4,15-16H2,1-2H3,(H,30,34). The van der Waals surface area contributed by atoms with Crippen LogP contribution in [0.25, 0.3) is 5.82 Å². The van der Waals surface area contributed by atoms with Gasteiger partial charge in [0.2, 0.25) is 11.8 Å². The topological polar surface area (TPSA) is 81.9 Å². The number of ether oxygens (including phenoxy) is 1. The number of carbonyl (C=O) groups is 1. The number of imidazole rings is 1. The van der Waals surface area contributed by atoms with Gasteiger partial charge in [-0.05, 0) is 74.7 Å². The third-order valence-electron chi connectivity index (χ3n) is 6.75. The lowest BCUT2D eigenvalue weighted by molar-refractivity contribution is -0.121. The van der Waals surface area contributed by atoms with Crippen LogP contribution in [0.2, 0.25) is 5.02 Å². The highest BCUT2D eigenvalue weighted by Gasteiger charge is 2.42. The van der Waals surface area contributed by atoms with Crippen LogP contribution >= 0.6 is 11.6 Å². The average molecular weight is 488 g/mol. The number of benzene rings is 2. The molecule has 0 bridgehead atoms. The highest BCUT2D eigenvalue weighted by Crippen LogP contribution is 2.42. The van der Waals surface area contributed by atoms with E-state index in [1.54, 1.807) is 24.5 Å². The van der Waals surface area contributed by atoms with Crippen molar-refractivity contribution < 1.29 is 9.53 Å². The van der Waals surface area contributed by atoms with Crippen LogP contribution in [0, 0.1) is 13.8 Å². The van der Waals surface area contributed by atoms with Crippen molar-refractivity contribution in [3.8, 4) is 17.4 Å². The number of amides is 1. The number of hydrogen-bond acceptors (Lipinski definition) is 5. The molecule has 1 N–H and O–H groups in total. The molecule has 7 nitrogen and oxygen atoms in total. The van der Waals surface area contributed by atoms with Gasteiger partial charge in [-0.25, -0.2) is 4.98 Å². The first kappa shape index (κ1) is 23.1. The van der Waals surface area contributed by atoms with Crippen molar-refractivity contribution in [2.75, 3.05) is 5.32 Å². The summed E-state index contributed by atoms with van der Waals surface area (Å²) in [6.45, 7) is 3.94. The van der Waals surface area contributed by atoms with Crippen LogP contribution < -0.4 is 10.1 Å². The summed E-state index contributed by atoms with van der Waals surface area (Å²) in [5, 5.41) is 12.2. The Kier molecular flexibility index (Phi) is 6.26. The fourth-order valence-electron chi connectivity index (χ4n) is 4.60. The van der Waals surface area contributed by atoms with Gasteiger partial charge in [0.1, 0.15) is 12.1 Å². The van der Waals surface area contributed by atoms with Crippen molar-refractivity contribution in [2.24, 2.45) is 0 Å². The second-order valence-electron chi connectivity index (χ2n) is 8.89. The first-order valence-electron chi connectivity index (χ1n) is 11.6. The molecule has 4 aromatic rings. The molecule has 1 aliphatic rings. The lowest BCUT2D eigenvalue weighted by Gasteiger charge is -2.28. The summed E-state index contributed by atoms with van der Waals surface area (Å²) in [7, 11) is 0. The molecule has 0 atom stereocenters. The number of anilines is 1. The van der Waals surface area contributed by atoms with Gasteiger partial charge in [0, 0.05) is 22.5 Å². The number of hydrogen-bond donors (Lipinski definition) is 1. The minimum Gasteiger partial charge on any atom is -0.438 e. The maximum Gasteiger partial charge on any atom is 0.238 e. The quantitative estimate of drug-likeness (QED) is 0.351. The summed E-state index contributed by atoms with van der Waals surface area (Å²) in [4.78, 5) is 17.7. The van der Waals surface area contributed by atoms with E-state index < -0.39 is 5.41 Å². The zero-order valence-electron chi connectivity index (χ0n) is 19.7. The molecular formula is C27H26ClN5O2. The van der Waals surface area contributed by atoms with Gasteiger partial charge in [0.15, 0.2) is 5.82 Å². The summed E-state index contributed by atoms with van der Waals surface area (Å²) >= 11 is 6.06. The van der Waals surface area contributed by atoms with Gasteiger partial charge in [-0.2, -0.15) is 0 Å². The third-order valence-corrected chi connectivity index (χ3v) is 7.00. The Hall–Kier alpha value is -3.71. The smallest absolute Gasteiger partial charge is 0.238 e. The first-order valence-corrected chi connectivity index (χ1v) is 12.0. The van der Waals surface area contributed by atoms with Gasteiger partial charge in [-0.3, -0.25) is 9.36 Å². The number of nitrogens with zero attached hydrogens (tertiary/aromatic N) is 4.